The van der Waals surface area contributed by atoms with Crippen LogP contribution in [0, 0.1) is 11.3 Å². The number of carbonyl (C=O) groups excluding carboxylic acids is 1. The Morgan fingerprint density at radius 1 is 1.29 bits per heavy atom. The van der Waals surface area contributed by atoms with Crippen molar-refractivity contribution in [2.75, 3.05) is 13.1 Å². The van der Waals surface area contributed by atoms with E-state index in [-0.39, 0.29) is 5.41 Å². The molecule has 1 aliphatic rings. The van der Waals surface area contributed by atoms with Crippen LogP contribution in [0.4, 0.5) is 0 Å². The highest BCUT2D eigenvalue weighted by Gasteiger charge is 2.38. The van der Waals surface area contributed by atoms with E-state index >= 15 is 0 Å². The van der Waals surface area contributed by atoms with Gasteiger partial charge in [-0.1, -0.05) is 45.4 Å². The fourth-order valence-corrected chi connectivity index (χ4v) is 3.59. The second-order valence-corrected chi connectivity index (χ2v) is 6.91. The van der Waals surface area contributed by atoms with E-state index in [2.05, 4.69) is 38.2 Å². The number of rotatable bonds is 6. The van der Waals surface area contributed by atoms with Crippen LogP contribution in [0.5, 0.6) is 0 Å². The Morgan fingerprint density at radius 2 is 2.00 bits per heavy atom. The van der Waals surface area contributed by atoms with Gasteiger partial charge in [-0.3, -0.25) is 4.79 Å². The second-order valence-electron chi connectivity index (χ2n) is 6.91. The third-order valence-corrected chi connectivity index (χ3v) is 4.60. The fraction of sp³-hybridized carbons (Fsp3) is 0.632. The number of carbonyl (C=O) groups is 1. The molecule has 1 heterocycles. The summed E-state index contributed by atoms with van der Waals surface area (Å²) in [7, 11) is 0. The summed E-state index contributed by atoms with van der Waals surface area (Å²) in [4.78, 5) is 13.1. The van der Waals surface area contributed by atoms with Gasteiger partial charge in [-0.05, 0) is 56.3 Å². The zero-order valence-electron chi connectivity index (χ0n) is 13.7. The van der Waals surface area contributed by atoms with Gasteiger partial charge < -0.3 is 5.32 Å². The van der Waals surface area contributed by atoms with E-state index in [1.165, 1.54) is 5.56 Å². The lowest BCUT2D eigenvalue weighted by atomic mass is 9.70. The van der Waals surface area contributed by atoms with Gasteiger partial charge in [0.1, 0.15) is 0 Å². The molecule has 0 aromatic heterocycles. The summed E-state index contributed by atoms with van der Waals surface area (Å²) in [5.41, 5.74) is 2.08. The predicted octanol–water partition coefficient (Wildman–Crippen LogP) is 4.24. The van der Waals surface area contributed by atoms with Crippen LogP contribution in [0.1, 0.15) is 62.4 Å². The number of hydrogen-bond acceptors (Lipinski definition) is 2. The predicted molar refractivity (Wildman–Crippen MR) is 88.8 cm³/mol. The number of nitrogens with one attached hydrogen (secondary N) is 1. The monoisotopic (exact) mass is 287 g/mol. The molecule has 1 saturated heterocycles. The van der Waals surface area contributed by atoms with Crippen LogP contribution < -0.4 is 5.32 Å². The van der Waals surface area contributed by atoms with Crippen LogP contribution in [-0.2, 0) is 6.42 Å². The minimum Gasteiger partial charge on any atom is -0.317 e. The normalized spacial score (nSPS) is 17.9. The highest BCUT2D eigenvalue weighted by atomic mass is 16.1. The van der Waals surface area contributed by atoms with Crippen LogP contribution in [0.3, 0.4) is 0 Å². The maximum absolute atomic E-state index is 13.1. The summed E-state index contributed by atoms with van der Waals surface area (Å²) in [5.74, 6) is 0.996. The lowest BCUT2D eigenvalue weighted by Gasteiger charge is -2.36. The molecule has 0 saturated carbocycles. The average molecular weight is 287 g/mol. The minimum absolute atomic E-state index is 0.129. The van der Waals surface area contributed by atoms with Crippen molar-refractivity contribution >= 4 is 5.78 Å². The summed E-state index contributed by atoms with van der Waals surface area (Å²) < 4.78 is 0. The molecule has 0 spiro atoms. The first kappa shape index (κ1) is 16.2. The summed E-state index contributed by atoms with van der Waals surface area (Å²) >= 11 is 0. The molecule has 1 aliphatic heterocycles. The zero-order chi connectivity index (χ0) is 15.3. The molecule has 116 valence electrons. The van der Waals surface area contributed by atoms with Crippen molar-refractivity contribution in [1.29, 1.82) is 0 Å². The molecule has 1 N–H and O–H groups in total. The van der Waals surface area contributed by atoms with Crippen LogP contribution in [-0.4, -0.2) is 18.9 Å². The quantitative estimate of drug-likeness (QED) is 0.793. The van der Waals surface area contributed by atoms with Gasteiger partial charge in [-0.15, -0.1) is 0 Å². The van der Waals surface area contributed by atoms with E-state index in [1.807, 2.05) is 12.1 Å². The van der Waals surface area contributed by atoms with Crippen LogP contribution >= 0.6 is 0 Å². The van der Waals surface area contributed by atoms with Crippen molar-refractivity contribution in [1.82, 2.24) is 5.32 Å². The summed E-state index contributed by atoms with van der Waals surface area (Å²) in [6.07, 6.45) is 5.10. The molecule has 0 unspecified atom stereocenters. The number of Topliss-reactive ketones (excluding diaryl/α,β-unsaturated/α-hetero) is 1. The third-order valence-electron chi connectivity index (χ3n) is 4.60. The summed E-state index contributed by atoms with van der Waals surface area (Å²) in [5, 5.41) is 3.39. The largest absolute Gasteiger partial charge is 0.317 e. The van der Waals surface area contributed by atoms with Gasteiger partial charge in [0.05, 0.1) is 0 Å². The number of piperidine rings is 1. The first-order chi connectivity index (χ1) is 10.1. The molecule has 1 aromatic carbocycles. The van der Waals surface area contributed by atoms with Gasteiger partial charge in [-0.25, -0.2) is 0 Å². The number of benzene rings is 1. The fourth-order valence-electron chi connectivity index (χ4n) is 3.59. The van der Waals surface area contributed by atoms with Gasteiger partial charge in [0.25, 0.3) is 0 Å². The van der Waals surface area contributed by atoms with Crippen molar-refractivity contribution in [3.05, 3.63) is 35.4 Å². The maximum atomic E-state index is 13.1. The molecular weight excluding hydrogens is 258 g/mol. The van der Waals surface area contributed by atoms with E-state index in [9.17, 15) is 4.79 Å². The van der Waals surface area contributed by atoms with Gasteiger partial charge in [-0.2, -0.15) is 0 Å². The van der Waals surface area contributed by atoms with Gasteiger partial charge in [0.2, 0.25) is 0 Å². The van der Waals surface area contributed by atoms with E-state index in [1.54, 1.807) is 0 Å². The third kappa shape index (κ3) is 3.94. The Kier molecular flexibility index (Phi) is 5.58. The van der Waals surface area contributed by atoms with E-state index in [0.29, 0.717) is 11.7 Å². The molecule has 0 radical (unpaired) electrons. The van der Waals surface area contributed by atoms with E-state index < -0.39 is 0 Å². The molecule has 0 amide bonds. The average Bonchev–Trinajstić information content (AvgIpc) is 2.47. The SMILES string of the molecule is CCCC1(C(=O)c2cccc(CC(C)C)c2)CCNCC1. The summed E-state index contributed by atoms with van der Waals surface area (Å²) in [6.45, 7) is 8.57. The van der Waals surface area contributed by atoms with Crippen molar-refractivity contribution in [3.8, 4) is 0 Å². The molecule has 21 heavy (non-hydrogen) atoms. The lowest BCUT2D eigenvalue weighted by Crippen LogP contribution is -2.42. The van der Waals surface area contributed by atoms with Crippen molar-refractivity contribution < 1.29 is 4.79 Å². The lowest BCUT2D eigenvalue weighted by molar-refractivity contribution is 0.0704. The zero-order valence-corrected chi connectivity index (χ0v) is 13.7. The maximum Gasteiger partial charge on any atom is 0.169 e. The second kappa shape index (κ2) is 7.22. The van der Waals surface area contributed by atoms with Crippen LogP contribution in [0.15, 0.2) is 24.3 Å². The molecule has 2 nitrogen and oxygen atoms in total. The Morgan fingerprint density at radius 3 is 2.62 bits per heavy atom. The Bertz CT molecular complexity index is 467. The molecule has 0 aliphatic carbocycles. The van der Waals surface area contributed by atoms with Crippen molar-refractivity contribution in [2.45, 2.75) is 52.9 Å². The van der Waals surface area contributed by atoms with E-state index in [0.717, 1.165) is 50.8 Å². The number of ketones is 1. The molecule has 2 rings (SSSR count). The first-order valence-electron chi connectivity index (χ1n) is 8.42. The van der Waals surface area contributed by atoms with Gasteiger partial charge >= 0.3 is 0 Å². The standard InChI is InChI=1S/C19H29NO/c1-4-8-19(9-11-20-12-10-19)18(21)17-7-5-6-16(14-17)13-15(2)3/h5-7,14-15,20H,4,8-13H2,1-3H3. The minimum atomic E-state index is -0.129. The van der Waals surface area contributed by atoms with Crippen molar-refractivity contribution in [2.24, 2.45) is 11.3 Å². The molecule has 0 bridgehead atoms. The van der Waals surface area contributed by atoms with Crippen LogP contribution in [0.25, 0.3) is 0 Å². The highest BCUT2D eigenvalue weighted by molar-refractivity contribution is 6.00. The smallest absolute Gasteiger partial charge is 0.169 e. The topological polar surface area (TPSA) is 29.1 Å². The molecule has 1 aromatic rings. The Hall–Kier alpha value is -1.15. The first-order valence-corrected chi connectivity index (χ1v) is 8.42. The molecule has 1 fully saturated rings. The Labute approximate surface area is 129 Å². The highest BCUT2D eigenvalue weighted by Crippen LogP contribution is 2.37. The number of hydrogen-bond donors (Lipinski definition) is 1. The molecule has 0 atom stereocenters. The van der Waals surface area contributed by atoms with Gasteiger partial charge in [0.15, 0.2) is 5.78 Å². The Balaban J connectivity index is 2.24. The summed E-state index contributed by atoms with van der Waals surface area (Å²) in [6, 6.07) is 8.32. The van der Waals surface area contributed by atoms with Crippen LogP contribution in [0.2, 0.25) is 0 Å². The molecular formula is C19H29NO. The van der Waals surface area contributed by atoms with Crippen molar-refractivity contribution in [3.63, 3.8) is 0 Å². The van der Waals surface area contributed by atoms with E-state index in [4.69, 9.17) is 0 Å². The molecule has 2 heteroatoms. The van der Waals surface area contributed by atoms with Gasteiger partial charge in [0, 0.05) is 11.0 Å².